The fourth-order valence-corrected chi connectivity index (χ4v) is 2.66. The van der Waals surface area contributed by atoms with E-state index in [1.807, 2.05) is 26.0 Å². The van der Waals surface area contributed by atoms with Gasteiger partial charge in [-0.1, -0.05) is 16.8 Å². The molecule has 1 amide bonds. The van der Waals surface area contributed by atoms with Crippen LogP contribution < -0.4 is 5.32 Å². The van der Waals surface area contributed by atoms with Gasteiger partial charge in [0.2, 0.25) is 5.91 Å². The summed E-state index contributed by atoms with van der Waals surface area (Å²) in [5, 5.41) is 16.7. The lowest BCUT2D eigenvalue weighted by Gasteiger charge is -2.08. The Morgan fingerprint density at radius 3 is 2.56 bits per heavy atom. The van der Waals surface area contributed by atoms with E-state index < -0.39 is 5.97 Å². The summed E-state index contributed by atoms with van der Waals surface area (Å²) in [7, 11) is 0. The van der Waals surface area contributed by atoms with Gasteiger partial charge in [-0.3, -0.25) is 4.79 Å². The highest BCUT2D eigenvalue weighted by Crippen LogP contribution is 2.24. The number of carbonyl (C=O) groups is 2. The molecule has 6 nitrogen and oxygen atoms in total. The molecule has 0 fully saturated rings. The molecule has 25 heavy (non-hydrogen) atoms. The van der Waals surface area contributed by atoms with Crippen molar-refractivity contribution in [3.63, 3.8) is 0 Å². The third-order valence-electron chi connectivity index (χ3n) is 4.17. The van der Waals surface area contributed by atoms with Gasteiger partial charge in [-0.2, -0.15) is 0 Å². The molecule has 6 heteroatoms. The maximum absolute atomic E-state index is 12.3. The molecule has 0 spiro atoms. The summed E-state index contributed by atoms with van der Waals surface area (Å²) in [4.78, 5) is 23.7. The maximum Gasteiger partial charge on any atom is 0.337 e. The number of benzene rings is 2. The quantitative estimate of drug-likeness (QED) is 0.758. The highest BCUT2D eigenvalue weighted by Gasteiger charge is 2.16. The van der Waals surface area contributed by atoms with Crippen LogP contribution >= 0.6 is 0 Å². The van der Waals surface area contributed by atoms with Crippen LogP contribution in [0.15, 0.2) is 34.9 Å². The summed E-state index contributed by atoms with van der Waals surface area (Å²) < 4.78 is 5.29. The summed E-state index contributed by atoms with van der Waals surface area (Å²) in [6.45, 7) is 5.76. The molecule has 2 aromatic carbocycles. The standard InChI is InChI=1S/C19H18N2O4/c1-10-4-5-15(14(6-10)19(23)24)20-18(22)9-16-13-7-11(2)12(3)8-17(13)25-21-16/h4-8H,9H2,1-3H3,(H,20,22)(H,23,24). The van der Waals surface area contributed by atoms with Crippen molar-refractivity contribution in [2.24, 2.45) is 0 Å². The Kier molecular flexibility index (Phi) is 4.27. The molecule has 0 bridgehead atoms. The molecule has 0 atom stereocenters. The maximum atomic E-state index is 12.3. The molecule has 0 aliphatic rings. The summed E-state index contributed by atoms with van der Waals surface area (Å²) in [6.07, 6.45) is 0.00242. The Hall–Kier alpha value is -3.15. The van der Waals surface area contributed by atoms with E-state index in [1.165, 1.54) is 6.07 Å². The van der Waals surface area contributed by atoms with E-state index in [0.29, 0.717) is 11.3 Å². The number of hydrogen-bond acceptors (Lipinski definition) is 4. The first-order chi connectivity index (χ1) is 11.8. The number of carboxylic acid groups (broad SMARTS) is 1. The predicted molar refractivity (Wildman–Crippen MR) is 94.0 cm³/mol. The van der Waals surface area contributed by atoms with Crippen LogP contribution in [-0.4, -0.2) is 22.1 Å². The molecule has 2 N–H and O–H groups in total. The van der Waals surface area contributed by atoms with E-state index in [9.17, 15) is 14.7 Å². The van der Waals surface area contributed by atoms with E-state index in [0.717, 1.165) is 22.1 Å². The van der Waals surface area contributed by atoms with Gasteiger partial charge in [-0.05, 0) is 56.2 Å². The Morgan fingerprint density at radius 2 is 1.84 bits per heavy atom. The minimum Gasteiger partial charge on any atom is -0.478 e. The minimum absolute atomic E-state index is 0.00242. The van der Waals surface area contributed by atoms with E-state index >= 15 is 0 Å². The van der Waals surface area contributed by atoms with Crippen LogP contribution in [-0.2, 0) is 11.2 Å². The lowest BCUT2D eigenvalue weighted by molar-refractivity contribution is -0.115. The first kappa shape index (κ1) is 16.7. The number of nitrogens with zero attached hydrogens (tertiary/aromatic N) is 1. The first-order valence-corrected chi connectivity index (χ1v) is 7.84. The average Bonchev–Trinajstić information content (AvgIpc) is 2.91. The molecule has 0 aliphatic heterocycles. The number of amides is 1. The summed E-state index contributed by atoms with van der Waals surface area (Å²) >= 11 is 0. The average molecular weight is 338 g/mol. The molecule has 0 saturated carbocycles. The molecule has 1 heterocycles. The molecule has 0 saturated heterocycles. The van der Waals surface area contributed by atoms with Gasteiger partial charge in [0.05, 0.1) is 17.7 Å². The zero-order chi connectivity index (χ0) is 18.1. The highest BCUT2D eigenvalue weighted by molar-refractivity contribution is 6.01. The zero-order valence-corrected chi connectivity index (χ0v) is 14.2. The normalized spacial score (nSPS) is 10.8. The van der Waals surface area contributed by atoms with Crippen LogP contribution in [0.25, 0.3) is 11.0 Å². The molecule has 128 valence electrons. The summed E-state index contributed by atoms with van der Waals surface area (Å²) in [5.41, 5.74) is 4.47. The largest absolute Gasteiger partial charge is 0.478 e. The summed E-state index contributed by atoms with van der Waals surface area (Å²) in [5.74, 6) is -1.43. The molecule has 3 rings (SSSR count). The third kappa shape index (κ3) is 3.38. The number of aromatic nitrogens is 1. The van der Waals surface area contributed by atoms with Crippen molar-refractivity contribution in [1.29, 1.82) is 0 Å². The van der Waals surface area contributed by atoms with Crippen molar-refractivity contribution < 1.29 is 19.2 Å². The number of nitrogens with one attached hydrogen (secondary N) is 1. The second-order valence-electron chi connectivity index (χ2n) is 6.14. The minimum atomic E-state index is -1.09. The molecule has 0 aliphatic carbocycles. The molecule has 0 unspecified atom stereocenters. The van der Waals surface area contributed by atoms with Crippen LogP contribution in [0.2, 0.25) is 0 Å². The highest BCUT2D eigenvalue weighted by atomic mass is 16.5. The number of fused-ring (bicyclic) bond motifs is 1. The molecule has 3 aromatic rings. The van der Waals surface area contributed by atoms with Crippen molar-refractivity contribution >= 4 is 28.5 Å². The topological polar surface area (TPSA) is 92.4 Å². The van der Waals surface area contributed by atoms with Gasteiger partial charge in [0.15, 0.2) is 5.58 Å². The van der Waals surface area contributed by atoms with Crippen molar-refractivity contribution in [3.8, 4) is 0 Å². The van der Waals surface area contributed by atoms with Crippen LogP contribution in [0.3, 0.4) is 0 Å². The van der Waals surface area contributed by atoms with Gasteiger partial charge in [0.1, 0.15) is 5.69 Å². The number of hydrogen-bond donors (Lipinski definition) is 2. The smallest absolute Gasteiger partial charge is 0.337 e. The molecule has 0 radical (unpaired) electrons. The second-order valence-corrected chi connectivity index (χ2v) is 6.14. The second kappa shape index (κ2) is 6.39. The fourth-order valence-electron chi connectivity index (χ4n) is 2.66. The number of anilines is 1. The van der Waals surface area contributed by atoms with Crippen LogP contribution in [0, 0.1) is 20.8 Å². The summed E-state index contributed by atoms with van der Waals surface area (Å²) in [6, 6.07) is 8.69. The monoisotopic (exact) mass is 338 g/mol. The van der Waals surface area contributed by atoms with Crippen molar-refractivity contribution in [2.45, 2.75) is 27.2 Å². The fraction of sp³-hybridized carbons (Fsp3) is 0.211. The number of rotatable bonds is 4. The zero-order valence-electron chi connectivity index (χ0n) is 14.2. The van der Waals surface area contributed by atoms with Crippen molar-refractivity contribution in [3.05, 3.63) is 58.3 Å². The Morgan fingerprint density at radius 1 is 1.12 bits per heavy atom. The van der Waals surface area contributed by atoms with E-state index in [-0.39, 0.29) is 23.6 Å². The third-order valence-corrected chi connectivity index (χ3v) is 4.17. The van der Waals surface area contributed by atoms with E-state index in [2.05, 4.69) is 10.5 Å². The Bertz CT molecular complexity index is 988. The number of aromatic carboxylic acids is 1. The van der Waals surface area contributed by atoms with Crippen LogP contribution in [0.4, 0.5) is 5.69 Å². The van der Waals surface area contributed by atoms with Crippen LogP contribution in [0.5, 0.6) is 0 Å². The van der Waals surface area contributed by atoms with Crippen LogP contribution in [0.1, 0.15) is 32.7 Å². The van der Waals surface area contributed by atoms with Gasteiger partial charge in [0, 0.05) is 5.39 Å². The van der Waals surface area contributed by atoms with Gasteiger partial charge >= 0.3 is 5.97 Å². The van der Waals surface area contributed by atoms with Gasteiger partial charge in [0.25, 0.3) is 0 Å². The van der Waals surface area contributed by atoms with E-state index in [4.69, 9.17) is 4.52 Å². The molecule has 1 aromatic heterocycles. The van der Waals surface area contributed by atoms with Crippen molar-refractivity contribution in [1.82, 2.24) is 5.16 Å². The van der Waals surface area contributed by atoms with Gasteiger partial charge < -0.3 is 14.9 Å². The number of aryl methyl sites for hydroxylation is 3. The first-order valence-electron chi connectivity index (χ1n) is 7.84. The Labute approximate surface area is 144 Å². The number of carbonyl (C=O) groups excluding carboxylic acids is 1. The van der Waals surface area contributed by atoms with Gasteiger partial charge in [-0.15, -0.1) is 0 Å². The van der Waals surface area contributed by atoms with E-state index in [1.54, 1.807) is 19.1 Å². The molecular weight excluding hydrogens is 320 g/mol. The Balaban J connectivity index is 1.84. The lowest BCUT2D eigenvalue weighted by Crippen LogP contribution is -2.17. The molecular formula is C19H18N2O4. The predicted octanol–water partition coefficient (Wildman–Crippen LogP) is 3.63. The SMILES string of the molecule is Cc1ccc(NC(=O)Cc2noc3cc(C)c(C)cc23)c(C(=O)O)c1. The lowest BCUT2D eigenvalue weighted by atomic mass is 10.1. The van der Waals surface area contributed by atoms with Gasteiger partial charge in [-0.25, -0.2) is 4.79 Å². The number of carboxylic acids is 1. The van der Waals surface area contributed by atoms with Crippen molar-refractivity contribution in [2.75, 3.05) is 5.32 Å².